The Kier molecular flexibility index (Phi) is 8.03. The van der Waals surface area contributed by atoms with Crippen molar-refractivity contribution in [1.82, 2.24) is 30.1 Å². The van der Waals surface area contributed by atoms with Gasteiger partial charge in [0.15, 0.2) is 5.82 Å². The number of benzene rings is 2. The second kappa shape index (κ2) is 11.6. The summed E-state index contributed by atoms with van der Waals surface area (Å²) in [5.41, 5.74) is 6.53. The third kappa shape index (κ3) is 5.73. The number of H-pyrrole nitrogens is 1. The van der Waals surface area contributed by atoms with Crippen molar-refractivity contribution in [2.75, 3.05) is 6.54 Å². The van der Waals surface area contributed by atoms with Crippen LogP contribution in [0.4, 0.5) is 0 Å². The zero-order valence-electron chi connectivity index (χ0n) is 23.2. The van der Waals surface area contributed by atoms with E-state index >= 15 is 0 Å². The minimum atomic E-state index is -0.0215. The van der Waals surface area contributed by atoms with E-state index in [4.69, 9.17) is 0 Å². The van der Waals surface area contributed by atoms with Gasteiger partial charge in [0.2, 0.25) is 0 Å². The van der Waals surface area contributed by atoms with Crippen LogP contribution in [0.2, 0.25) is 0 Å². The summed E-state index contributed by atoms with van der Waals surface area (Å²) in [6.07, 6.45) is 7.75. The predicted molar refractivity (Wildman–Crippen MR) is 152 cm³/mol. The molecule has 0 radical (unpaired) electrons. The molecule has 0 unspecified atom stereocenters. The van der Waals surface area contributed by atoms with E-state index in [1.165, 1.54) is 36.0 Å². The lowest BCUT2D eigenvalue weighted by Crippen LogP contribution is -2.35. The summed E-state index contributed by atoms with van der Waals surface area (Å²) in [5.74, 6) is 0.924. The van der Waals surface area contributed by atoms with Crippen LogP contribution in [0.1, 0.15) is 91.2 Å². The van der Waals surface area contributed by atoms with Crippen LogP contribution >= 0.6 is 0 Å². The number of tetrazole rings is 1. The van der Waals surface area contributed by atoms with Crippen LogP contribution in [0.25, 0.3) is 10.9 Å². The van der Waals surface area contributed by atoms with Crippen LogP contribution < -0.4 is 5.56 Å². The average Bonchev–Trinajstić information content (AvgIpc) is 3.38. The summed E-state index contributed by atoms with van der Waals surface area (Å²) in [4.78, 5) is 18.9. The highest BCUT2D eigenvalue weighted by atomic mass is 16.1. The highest BCUT2D eigenvalue weighted by Crippen LogP contribution is 2.32. The zero-order valence-corrected chi connectivity index (χ0v) is 23.2. The number of pyridine rings is 1. The van der Waals surface area contributed by atoms with Gasteiger partial charge in [0, 0.05) is 18.7 Å². The highest BCUT2D eigenvalue weighted by Gasteiger charge is 2.29. The van der Waals surface area contributed by atoms with E-state index in [2.05, 4.69) is 100 Å². The Bertz CT molecular complexity index is 1450. The lowest BCUT2D eigenvalue weighted by molar-refractivity contribution is 0.165. The third-order valence-corrected chi connectivity index (χ3v) is 8.08. The van der Waals surface area contributed by atoms with Gasteiger partial charge in [-0.15, -0.1) is 5.10 Å². The van der Waals surface area contributed by atoms with E-state index < -0.39 is 0 Å². The van der Waals surface area contributed by atoms with Gasteiger partial charge in [-0.2, -0.15) is 0 Å². The maximum Gasteiger partial charge on any atom is 0.252 e. The number of hydrogen-bond donors (Lipinski definition) is 1. The van der Waals surface area contributed by atoms with Gasteiger partial charge in [-0.3, -0.25) is 9.69 Å². The van der Waals surface area contributed by atoms with Crippen molar-refractivity contribution in [2.45, 2.75) is 91.3 Å². The predicted octanol–water partition coefficient (Wildman–Crippen LogP) is 6.14. The molecule has 1 atom stereocenters. The molecule has 7 nitrogen and oxygen atoms in total. The van der Waals surface area contributed by atoms with Gasteiger partial charge < -0.3 is 4.98 Å². The van der Waals surface area contributed by atoms with E-state index in [1.54, 1.807) is 0 Å². The van der Waals surface area contributed by atoms with Gasteiger partial charge in [0.25, 0.3) is 5.56 Å². The molecule has 0 amide bonds. The quantitative estimate of drug-likeness (QED) is 0.291. The van der Waals surface area contributed by atoms with Crippen LogP contribution in [-0.4, -0.2) is 36.6 Å². The number of rotatable bonds is 9. The minimum absolute atomic E-state index is 0.0195. The topological polar surface area (TPSA) is 79.7 Å². The molecule has 0 spiro atoms. The summed E-state index contributed by atoms with van der Waals surface area (Å²) in [6, 6.07) is 15.4. The first-order chi connectivity index (χ1) is 18.4. The summed E-state index contributed by atoms with van der Waals surface area (Å²) in [7, 11) is 0. The number of aromatic amines is 1. The molecule has 5 rings (SSSR count). The normalized spacial score (nSPS) is 15.4. The second-order valence-corrected chi connectivity index (χ2v) is 11.1. The molecule has 0 saturated heterocycles. The van der Waals surface area contributed by atoms with E-state index in [9.17, 15) is 4.79 Å². The van der Waals surface area contributed by atoms with Crippen molar-refractivity contribution in [3.8, 4) is 0 Å². The van der Waals surface area contributed by atoms with Crippen molar-refractivity contribution >= 4 is 10.9 Å². The van der Waals surface area contributed by atoms with Crippen molar-refractivity contribution in [2.24, 2.45) is 0 Å². The molecule has 1 saturated carbocycles. The molecular weight excluding hydrogens is 472 g/mol. The van der Waals surface area contributed by atoms with Crippen LogP contribution in [-0.2, 0) is 13.0 Å². The maximum atomic E-state index is 13.3. The van der Waals surface area contributed by atoms with Gasteiger partial charge in [-0.05, 0) is 85.5 Å². The third-order valence-electron chi connectivity index (χ3n) is 8.08. The Morgan fingerprint density at radius 1 is 1.05 bits per heavy atom. The first-order valence-corrected chi connectivity index (χ1v) is 14.1. The molecule has 4 aromatic rings. The van der Waals surface area contributed by atoms with Crippen LogP contribution in [0, 0.1) is 20.8 Å². The first kappa shape index (κ1) is 26.3. The van der Waals surface area contributed by atoms with E-state index in [0.717, 1.165) is 60.1 Å². The molecule has 1 fully saturated rings. The highest BCUT2D eigenvalue weighted by molar-refractivity contribution is 5.82. The summed E-state index contributed by atoms with van der Waals surface area (Å²) >= 11 is 0. The number of nitrogens with one attached hydrogen (secondary N) is 1. The fourth-order valence-corrected chi connectivity index (χ4v) is 6.16. The molecule has 2 aromatic carbocycles. The number of nitrogens with zero attached hydrogens (tertiary/aromatic N) is 5. The zero-order chi connectivity index (χ0) is 26.6. The lowest BCUT2D eigenvalue weighted by Gasteiger charge is -2.32. The van der Waals surface area contributed by atoms with Crippen LogP contribution in [0.15, 0.2) is 47.3 Å². The Morgan fingerprint density at radius 2 is 1.87 bits per heavy atom. The van der Waals surface area contributed by atoms with Crippen molar-refractivity contribution in [1.29, 1.82) is 0 Å². The van der Waals surface area contributed by atoms with Crippen molar-refractivity contribution in [3.05, 3.63) is 86.5 Å². The van der Waals surface area contributed by atoms with E-state index in [-0.39, 0.29) is 11.6 Å². The van der Waals surface area contributed by atoms with E-state index in [1.807, 2.05) is 0 Å². The molecule has 2 aromatic heterocycles. The van der Waals surface area contributed by atoms with Crippen molar-refractivity contribution < 1.29 is 0 Å². The number of fused-ring (bicyclic) bond motifs is 1. The van der Waals surface area contributed by atoms with Gasteiger partial charge in [-0.1, -0.05) is 67.6 Å². The van der Waals surface area contributed by atoms with Gasteiger partial charge in [0.05, 0.1) is 17.6 Å². The summed E-state index contributed by atoms with van der Waals surface area (Å²) < 4.78 is 2.09. The fourth-order valence-electron chi connectivity index (χ4n) is 6.16. The molecular formula is C31H40N6O. The number of hydrogen-bond acceptors (Lipinski definition) is 5. The smallest absolute Gasteiger partial charge is 0.252 e. The second-order valence-electron chi connectivity index (χ2n) is 11.1. The molecule has 200 valence electrons. The molecule has 0 aliphatic heterocycles. The lowest BCUT2D eigenvalue weighted by atomic mass is 9.95. The number of aromatic nitrogens is 5. The Labute approximate surface area is 225 Å². The van der Waals surface area contributed by atoms with Gasteiger partial charge in [-0.25, -0.2) is 4.68 Å². The Balaban J connectivity index is 1.50. The molecule has 2 heterocycles. The van der Waals surface area contributed by atoms with Gasteiger partial charge >= 0.3 is 0 Å². The molecule has 1 N–H and O–H groups in total. The Morgan fingerprint density at radius 3 is 2.63 bits per heavy atom. The monoisotopic (exact) mass is 512 g/mol. The molecule has 38 heavy (non-hydrogen) atoms. The molecule has 1 aliphatic rings. The number of aryl methyl sites for hydroxylation is 3. The largest absolute Gasteiger partial charge is 0.321 e. The van der Waals surface area contributed by atoms with Crippen LogP contribution in [0.5, 0.6) is 0 Å². The molecule has 0 bridgehead atoms. The minimum Gasteiger partial charge on any atom is -0.321 e. The summed E-state index contributed by atoms with van der Waals surface area (Å²) in [5, 5.41) is 14.2. The summed E-state index contributed by atoms with van der Waals surface area (Å²) in [6.45, 7) is 9.83. The average molecular weight is 513 g/mol. The van der Waals surface area contributed by atoms with Gasteiger partial charge in [0.1, 0.15) is 0 Å². The fraction of sp³-hybridized carbons (Fsp3) is 0.484. The van der Waals surface area contributed by atoms with Crippen molar-refractivity contribution in [3.63, 3.8) is 0 Å². The Hall–Kier alpha value is -3.32. The maximum absolute atomic E-state index is 13.3. The molecule has 7 heteroatoms. The standard InChI is InChI=1S/C31H40N6O/c1-5-28(30-33-34-35-37(30)27-12-7-6-8-13-27)36(15-14-24-11-9-10-21(2)17-24)20-26-19-25-18-22(3)16-23(4)29(25)32-31(26)38/h9-11,16-19,27-28H,5-8,12-15,20H2,1-4H3,(H,32,38)/t28-/m0/s1. The van der Waals surface area contributed by atoms with E-state index in [0.29, 0.717) is 12.6 Å². The SMILES string of the molecule is CC[C@@H](c1nnnn1C1CCCCC1)N(CCc1cccc(C)c1)Cc1cc2cc(C)cc(C)c2[nH]c1=O. The molecule has 1 aliphatic carbocycles. The van der Waals surface area contributed by atoms with Crippen LogP contribution in [0.3, 0.4) is 0 Å². The first-order valence-electron chi connectivity index (χ1n) is 14.1.